The Labute approximate surface area is 156 Å². The lowest BCUT2D eigenvalue weighted by Crippen LogP contribution is -2.20. The molecule has 0 saturated heterocycles. The predicted octanol–water partition coefficient (Wildman–Crippen LogP) is 3.79. The van der Waals surface area contributed by atoms with Gasteiger partial charge in [-0.2, -0.15) is 13.2 Å². The molecule has 2 aromatic carbocycles. The summed E-state index contributed by atoms with van der Waals surface area (Å²) in [5.74, 6) is -0.852. The Hall–Kier alpha value is -3.37. The van der Waals surface area contributed by atoms with Crippen LogP contribution in [0.1, 0.15) is 5.56 Å². The van der Waals surface area contributed by atoms with Crippen molar-refractivity contribution < 1.29 is 36.8 Å². The van der Waals surface area contributed by atoms with Gasteiger partial charge in [-0.15, -0.1) is 0 Å². The van der Waals surface area contributed by atoms with Gasteiger partial charge in [0.05, 0.1) is 10.5 Å². The molecule has 0 radical (unpaired) electrons. The minimum absolute atomic E-state index is 0.0161. The molecule has 2 rings (SSSR count). The number of nitrogens with zero attached hydrogens (tertiary/aromatic N) is 1. The van der Waals surface area contributed by atoms with Crippen molar-refractivity contribution in [3.8, 4) is 5.75 Å². The van der Waals surface area contributed by atoms with Crippen LogP contribution in [0.5, 0.6) is 5.75 Å². The second kappa shape index (κ2) is 9.02. The zero-order valence-corrected chi connectivity index (χ0v) is 14.2. The lowest BCUT2D eigenvalue weighted by Gasteiger charge is -2.11. The van der Waals surface area contributed by atoms with Crippen molar-refractivity contribution in [2.24, 2.45) is 0 Å². The van der Waals surface area contributed by atoms with Crippen LogP contribution < -0.4 is 10.1 Å². The van der Waals surface area contributed by atoms with Crippen molar-refractivity contribution in [2.45, 2.75) is 6.18 Å². The molecule has 0 aromatic heterocycles. The number of halogens is 4. The number of rotatable bonds is 8. The molecule has 0 spiro atoms. The van der Waals surface area contributed by atoms with Crippen LogP contribution >= 0.6 is 0 Å². The smallest absolute Gasteiger partial charge is 0.416 e. The molecule has 0 amide bonds. The molecule has 11 heteroatoms. The summed E-state index contributed by atoms with van der Waals surface area (Å²) < 4.78 is 60.7. The average Bonchev–Trinajstić information content (AvgIpc) is 2.64. The molecule has 0 aliphatic carbocycles. The highest BCUT2D eigenvalue weighted by atomic mass is 19.4. The summed E-state index contributed by atoms with van der Waals surface area (Å²) in [4.78, 5) is 21.6. The Morgan fingerprint density at radius 1 is 1.11 bits per heavy atom. The van der Waals surface area contributed by atoms with E-state index >= 15 is 0 Å². The predicted molar refractivity (Wildman–Crippen MR) is 89.4 cm³/mol. The SMILES string of the molecule is O=C(CNc1ccc(C(F)(F)F)cc1[N+](=O)[O-])OCCOc1ccc(F)cc1. The normalized spacial score (nSPS) is 11.0. The third-order valence-corrected chi connectivity index (χ3v) is 3.37. The standard InChI is InChI=1S/C17H14F4N2O5/c18-12-2-4-13(5-3-12)27-7-8-28-16(24)10-22-14-6-1-11(17(19,20)21)9-15(14)23(25)26/h1-6,9,22H,7-8,10H2. The van der Waals surface area contributed by atoms with Gasteiger partial charge in [0, 0.05) is 6.07 Å². The molecule has 0 fully saturated rings. The van der Waals surface area contributed by atoms with Crippen molar-refractivity contribution in [3.63, 3.8) is 0 Å². The third kappa shape index (κ3) is 6.11. The first-order valence-electron chi connectivity index (χ1n) is 7.80. The van der Waals surface area contributed by atoms with E-state index in [1.807, 2.05) is 0 Å². The first kappa shape index (κ1) is 20.9. The summed E-state index contributed by atoms with van der Waals surface area (Å²) in [6, 6.07) is 7.09. The van der Waals surface area contributed by atoms with E-state index in [1.165, 1.54) is 24.3 Å². The molecular formula is C17H14F4N2O5. The molecule has 0 aliphatic rings. The van der Waals surface area contributed by atoms with Crippen molar-refractivity contribution in [3.05, 3.63) is 64.0 Å². The molecule has 0 aliphatic heterocycles. The molecule has 0 saturated carbocycles. The first-order chi connectivity index (χ1) is 13.2. The van der Waals surface area contributed by atoms with Crippen LogP contribution in [0, 0.1) is 15.9 Å². The zero-order valence-electron chi connectivity index (χ0n) is 14.2. The van der Waals surface area contributed by atoms with Crippen molar-refractivity contribution in [2.75, 3.05) is 25.1 Å². The second-order valence-corrected chi connectivity index (χ2v) is 5.36. The molecular weight excluding hydrogens is 388 g/mol. The number of carbonyl (C=O) groups is 1. The highest BCUT2D eigenvalue weighted by Crippen LogP contribution is 2.34. The number of carbonyl (C=O) groups excluding carboxylic acids is 1. The summed E-state index contributed by atoms with van der Waals surface area (Å²) in [5, 5.41) is 13.3. The van der Waals surface area contributed by atoms with E-state index in [0.717, 1.165) is 6.07 Å². The number of anilines is 1. The summed E-state index contributed by atoms with van der Waals surface area (Å²) in [6.07, 6.45) is -4.73. The fourth-order valence-corrected chi connectivity index (χ4v) is 2.07. The molecule has 0 heterocycles. The van der Waals surface area contributed by atoms with Gasteiger partial charge in [-0.05, 0) is 36.4 Å². The monoisotopic (exact) mass is 402 g/mol. The fraction of sp³-hybridized carbons (Fsp3) is 0.235. The van der Waals surface area contributed by atoms with E-state index in [1.54, 1.807) is 0 Å². The van der Waals surface area contributed by atoms with Crippen LogP contribution in [0.3, 0.4) is 0 Å². The molecule has 150 valence electrons. The summed E-state index contributed by atoms with van der Waals surface area (Å²) >= 11 is 0. The van der Waals surface area contributed by atoms with Gasteiger partial charge in [-0.1, -0.05) is 0 Å². The van der Waals surface area contributed by atoms with Crippen molar-refractivity contribution in [1.82, 2.24) is 0 Å². The fourth-order valence-electron chi connectivity index (χ4n) is 2.07. The number of ether oxygens (including phenoxy) is 2. The zero-order chi connectivity index (χ0) is 20.7. The van der Waals surface area contributed by atoms with Gasteiger partial charge in [0.15, 0.2) is 0 Å². The van der Waals surface area contributed by atoms with Gasteiger partial charge < -0.3 is 14.8 Å². The number of benzene rings is 2. The Morgan fingerprint density at radius 2 is 1.79 bits per heavy atom. The Bertz CT molecular complexity index is 840. The van der Waals surface area contributed by atoms with Crippen LogP contribution in [-0.2, 0) is 15.7 Å². The largest absolute Gasteiger partial charge is 0.490 e. The maximum absolute atomic E-state index is 12.7. The summed E-state index contributed by atoms with van der Waals surface area (Å²) in [7, 11) is 0. The second-order valence-electron chi connectivity index (χ2n) is 5.36. The van der Waals surface area contributed by atoms with Crippen LogP contribution in [0.2, 0.25) is 0 Å². The highest BCUT2D eigenvalue weighted by molar-refractivity contribution is 5.76. The first-order valence-corrected chi connectivity index (χ1v) is 7.80. The number of esters is 1. The van der Waals surface area contributed by atoms with Crippen LogP contribution in [-0.4, -0.2) is 30.7 Å². The van der Waals surface area contributed by atoms with E-state index < -0.39 is 40.7 Å². The highest BCUT2D eigenvalue weighted by Gasteiger charge is 2.33. The van der Waals surface area contributed by atoms with Gasteiger partial charge in [0.1, 0.15) is 37.0 Å². The van der Waals surface area contributed by atoms with Gasteiger partial charge >= 0.3 is 12.1 Å². The van der Waals surface area contributed by atoms with Crippen molar-refractivity contribution >= 4 is 17.3 Å². The maximum Gasteiger partial charge on any atom is 0.416 e. The molecule has 0 bridgehead atoms. The number of nitro benzene ring substituents is 1. The van der Waals surface area contributed by atoms with Gasteiger partial charge in [0.2, 0.25) is 0 Å². The minimum atomic E-state index is -4.73. The summed E-state index contributed by atoms with van der Waals surface area (Å²) in [6.45, 7) is -0.659. The molecule has 2 aromatic rings. The van der Waals surface area contributed by atoms with E-state index in [9.17, 15) is 32.5 Å². The van der Waals surface area contributed by atoms with Gasteiger partial charge in [-0.25, -0.2) is 4.39 Å². The Balaban J connectivity index is 1.83. The maximum atomic E-state index is 12.7. The lowest BCUT2D eigenvalue weighted by atomic mass is 10.1. The number of alkyl halides is 3. The quantitative estimate of drug-likeness (QED) is 0.238. The average molecular weight is 402 g/mol. The van der Waals surface area contributed by atoms with E-state index in [-0.39, 0.29) is 18.9 Å². The Kier molecular flexibility index (Phi) is 6.74. The molecule has 0 unspecified atom stereocenters. The molecule has 0 atom stereocenters. The van der Waals surface area contributed by atoms with Gasteiger partial charge in [0.25, 0.3) is 5.69 Å². The molecule has 1 N–H and O–H groups in total. The third-order valence-electron chi connectivity index (χ3n) is 3.37. The van der Waals surface area contributed by atoms with Gasteiger partial charge in [-0.3, -0.25) is 14.9 Å². The molecule has 28 heavy (non-hydrogen) atoms. The van der Waals surface area contributed by atoms with Crippen LogP contribution in [0.4, 0.5) is 28.9 Å². The van der Waals surface area contributed by atoms with E-state index in [2.05, 4.69) is 5.32 Å². The van der Waals surface area contributed by atoms with E-state index in [0.29, 0.717) is 17.9 Å². The van der Waals surface area contributed by atoms with Crippen LogP contribution in [0.15, 0.2) is 42.5 Å². The lowest BCUT2D eigenvalue weighted by molar-refractivity contribution is -0.384. The number of hydrogen-bond acceptors (Lipinski definition) is 6. The minimum Gasteiger partial charge on any atom is -0.490 e. The van der Waals surface area contributed by atoms with Crippen molar-refractivity contribution in [1.29, 1.82) is 0 Å². The summed E-state index contributed by atoms with van der Waals surface area (Å²) in [5.41, 5.74) is -2.25. The van der Waals surface area contributed by atoms with E-state index in [4.69, 9.17) is 9.47 Å². The number of hydrogen-bond donors (Lipinski definition) is 1. The molecule has 7 nitrogen and oxygen atoms in total. The number of nitrogens with one attached hydrogen (secondary N) is 1. The Morgan fingerprint density at radius 3 is 2.39 bits per heavy atom. The van der Waals surface area contributed by atoms with Crippen LogP contribution in [0.25, 0.3) is 0 Å². The number of nitro groups is 1. The topological polar surface area (TPSA) is 90.7 Å².